The van der Waals surface area contributed by atoms with Gasteiger partial charge in [0.1, 0.15) is 0 Å². The third-order valence-corrected chi connectivity index (χ3v) is 4.29. The number of nitrogens with zero attached hydrogens (tertiary/aromatic N) is 3. The first-order valence-corrected chi connectivity index (χ1v) is 8.55. The Morgan fingerprint density at radius 2 is 1.93 bits per heavy atom. The van der Waals surface area contributed by atoms with Crippen LogP contribution in [0.1, 0.15) is 16.1 Å². The minimum Gasteiger partial charge on any atom is -0.493 e. The van der Waals surface area contributed by atoms with Crippen LogP contribution in [0.3, 0.4) is 0 Å². The first-order valence-electron chi connectivity index (χ1n) is 8.17. The van der Waals surface area contributed by atoms with E-state index in [0.717, 1.165) is 4.68 Å². The fourth-order valence-corrected chi connectivity index (χ4v) is 2.99. The molecule has 0 saturated heterocycles. The van der Waals surface area contributed by atoms with Crippen LogP contribution in [0.2, 0.25) is 5.02 Å². The maximum atomic E-state index is 12.5. The van der Waals surface area contributed by atoms with E-state index < -0.39 is 5.91 Å². The van der Waals surface area contributed by atoms with Crippen LogP contribution >= 0.6 is 11.6 Å². The molecule has 1 heterocycles. The summed E-state index contributed by atoms with van der Waals surface area (Å²) in [6.07, 6.45) is 1.41. The number of hydrazone groups is 1. The first-order chi connectivity index (χ1) is 13.5. The summed E-state index contributed by atoms with van der Waals surface area (Å²) in [6.45, 7) is 0. The van der Waals surface area contributed by atoms with Gasteiger partial charge in [-0.05, 0) is 23.8 Å². The smallest absolute Gasteiger partial charge is 0.292 e. The van der Waals surface area contributed by atoms with Crippen LogP contribution in [0.15, 0.2) is 46.3 Å². The number of amides is 1. The summed E-state index contributed by atoms with van der Waals surface area (Å²) in [6, 6.07) is 10.1. The zero-order valence-electron chi connectivity index (χ0n) is 15.4. The maximum absolute atomic E-state index is 12.5. The average molecular weight is 401 g/mol. The Balaban J connectivity index is 1.87. The number of rotatable bonds is 5. The van der Waals surface area contributed by atoms with E-state index in [2.05, 4.69) is 15.6 Å². The van der Waals surface area contributed by atoms with Gasteiger partial charge in [0.15, 0.2) is 17.2 Å². The van der Waals surface area contributed by atoms with Crippen molar-refractivity contribution in [3.63, 3.8) is 0 Å². The molecule has 2 aromatic carbocycles. The first kappa shape index (κ1) is 19.4. The van der Waals surface area contributed by atoms with E-state index in [-0.39, 0.29) is 11.3 Å². The zero-order valence-corrected chi connectivity index (χ0v) is 16.1. The van der Waals surface area contributed by atoms with E-state index >= 15 is 0 Å². The molecule has 28 heavy (non-hydrogen) atoms. The van der Waals surface area contributed by atoms with Crippen molar-refractivity contribution in [2.45, 2.75) is 0 Å². The van der Waals surface area contributed by atoms with Crippen molar-refractivity contribution in [1.82, 2.24) is 15.2 Å². The minimum absolute atomic E-state index is 0.0974. The van der Waals surface area contributed by atoms with E-state index in [1.807, 2.05) is 0 Å². The predicted molar refractivity (Wildman–Crippen MR) is 107 cm³/mol. The minimum atomic E-state index is -0.547. The highest BCUT2D eigenvalue weighted by Crippen LogP contribution is 2.35. The van der Waals surface area contributed by atoms with Crippen LogP contribution in [0.5, 0.6) is 11.5 Å². The highest BCUT2D eigenvalue weighted by molar-refractivity contribution is 6.32. The third kappa shape index (κ3) is 3.67. The lowest BCUT2D eigenvalue weighted by molar-refractivity contribution is 0.0950. The normalized spacial score (nSPS) is 11.0. The van der Waals surface area contributed by atoms with Gasteiger partial charge in [-0.2, -0.15) is 10.2 Å². The molecule has 3 aromatic rings. The van der Waals surface area contributed by atoms with Crippen molar-refractivity contribution >= 4 is 34.5 Å². The highest BCUT2D eigenvalue weighted by Gasteiger charge is 2.15. The maximum Gasteiger partial charge on any atom is 0.292 e. The van der Waals surface area contributed by atoms with E-state index in [9.17, 15) is 9.59 Å². The van der Waals surface area contributed by atoms with Crippen LogP contribution in [-0.2, 0) is 7.05 Å². The summed E-state index contributed by atoms with van der Waals surface area (Å²) >= 11 is 6.15. The Morgan fingerprint density at radius 1 is 1.21 bits per heavy atom. The van der Waals surface area contributed by atoms with Gasteiger partial charge in [0.05, 0.1) is 30.8 Å². The second kappa shape index (κ2) is 8.10. The van der Waals surface area contributed by atoms with Crippen molar-refractivity contribution < 1.29 is 14.3 Å². The molecule has 3 rings (SSSR count). The number of carbonyl (C=O) groups excluding carboxylic acids is 1. The number of carbonyl (C=O) groups is 1. The van der Waals surface area contributed by atoms with Gasteiger partial charge in [0.25, 0.3) is 11.5 Å². The lowest BCUT2D eigenvalue weighted by Gasteiger charge is -2.10. The van der Waals surface area contributed by atoms with Gasteiger partial charge >= 0.3 is 0 Å². The summed E-state index contributed by atoms with van der Waals surface area (Å²) in [5.74, 6) is 0.300. The molecule has 0 saturated carbocycles. The number of fused-ring (bicyclic) bond motifs is 1. The second-order valence-electron chi connectivity index (χ2n) is 5.76. The fraction of sp³-hybridized carbons (Fsp3) is 0.158. The molecule has 9 heteroatoms. The quantitative estimate of drug-likeness (QED) is 0.524. The third-order valence-electron chi connectivity index (χ3n) is 4.01. The molecule has 0 radical (unpaired) electrons. The molecule has 0 aliphatic heterocycles. The number of aryl methyl sites for hydroxylation is 1. The van der Waals surface area contributed by atoms with Crippen LogP contribution in [0, 0.1) is 0 Å². The van der Waals surface area contributed by atoms with Crippen LogP contribution in [-0.4, -0.2) is 36.1 Å². The van der Waals surface area contributed by atoms with E-state index in [1.54, 1.807) is 36.4 Å². The molecule has 0 bridgehead atoms. The van der Waals surface area contributed by atoms with E-state index in [1.165, 1.54) is 27.5 Å². The molecular formula is C19H17ClN4O4. The number of aromatic nitrogens is 2. The number of ether oxygens (including phenoxy) is 2. The molecule has 0 aliphatic carbocycles. The summed E-state index contributed by atoms with van der Waals surface area (Å²) in [4.78, 5) is 24.7. The zero-order chi connectivity index (χ0) is 20.3. The number of benzene rings is 2. The largest absolute Gasteiger partial charge is 0.493 e. The van der Waals surface area contributed by atoms with Crippen LogP contribution in [0.4, 0.5) is 0 Å². The molecule has 144 valence electrons. The summed E-state index contributed by atoms with van der Waals surface area (Å²) in [5.41, 5.74) is 2.82. The van der Waals surface area contributed by atoms with Gasteiger partial charge in [0.2, 0.25) is 0 Å². The van der Waals surface area contributed by atoms with E-state index in [0.29, 0.717) is 32.9 Å². The monoisotopic (exact) mass is 400 g/mol. The number of hydrogen-bond acceptors (Lipinski definition) is 6. The molecule has 8 nitrogen and oxygen atoms in total. The number of nitrogens with one attached hydrogen (secondary N) is 1. The predicted octanol–water partition coefficient (Wildman–Crippen LogP) is 2.37. The molecule has 1 amide bonds. The Bertz CT molecular complexity index is 1140. The lowest BCUT2D eigenvalue weighted by atomic mass is 10.1. The van der Waals surface area contributed by atoms with Crippen molar-refractivity contribution in [3.05, 3.63) is 63.0 Å². The number of hydrogen-bond donors (Lipinski definition) is 1. The molecule has 0 spiro atoms. The molecular weight excluding hydrogens is 384 g/mol. The molecule has 1 N–H and O–H groups in total. The molecule has 0 atom stereocenters. The fourth-order valence-electron chi connectivity index (χ4n) is 2.70. The Kier molecular flexibility index (Phi) is 5.60. The van der Waals surface area contributed by atoms with Crippen LogP contribution in [0.25, 0.3) is 10.8 Å². The topological polar surface area (TPSA) is 94.8 Å². The van der Waals surface area contributed by atoms with Crippen molar-refractivity contribution in [2.24, 2.45) is 12.1 Å². The lowest BCUT2D eigenvalue weighted by Crippen LogP contribution is -2.27. The van der Waals surface area contributed by atoms with Crippen molar-refractivity contribution in [3.8, 4) is 11.5 Å². The average Bonchev–Trinajstić information content (AvgIpc) is 2.70. The van der Waals surface area contributed by atoms with Crippen LogP contribution < -0.4 is 20.5 Å². The Labute approximate surface area is 165 Å². The molecule has 0 aliphatic rings. The Hall–Kier alpha value is -3.39. The van der Waals surface area contributed by atoms with Gasteiger partial charge in [-0.25, -0.2) is 10.1 Å². The SMILES string of the molecule is COc1cc(/C=N/NC(=O)c2nn(C)c(=O)c3ccccc23)cc(Cl)c1OC. The van der Waals surface area contributed by atoms with Crippen molar-refractivity contribution in [2.75, 3.05) is 14.2 Å². The van der Waals surface area contributed by atoms with Crippen molar-refractivity contribution in [1.29, 1.82) is 0 Å². The standard InChI is InChI=1S/C19H17ClN4O4/c1-24-19(26)13-7-5-4-6-12(13)16(23-24)18(25)22-21-10-11-8-14(20)17(28-3)15(9-11)27-2/h4-10H,1-3H3,(H,22,25)/b21-10+. The molecule has 0 fully saturated rings. The van der Waals surface area contributed by atoms with Gasteiger partial charge in [0, 0.05) is 12.4 Å². The second-order valence-corrected chi connectivity index (χ2v) is 6.17. The molecule has 1 aromatic heterocycles. The summed E-state index contributed by atoms with van der Waals surface area (Å²) in [5, 5.41) is 9.20. The Morgan fingerprint density at radius 3 is 2.61 bits per heavy atom. The van der Waals surface area contributed by atoms with Gasteiger partial charge in [-0.1, -0.05) is 29.8 Å². The van der Waals surface area contributed by atoms with E-state index in [4.69, 9.17) is 21.1 Å². The van der Waals surface area contributed by atoms with Gasteiger partial charge in [-0.3, -0.25) is 9.59 Å². The highest BCUT2D eigenvalue weighted by atomic mass is 35.5. The summed E-state index contributed by atoms with van der Waals surface area (Å²) < 4.78 is 11.5. The number of halogens is 1. The van der Waals surface area contributed by atoms with Gasteiger partial charge in [-0.15, -0.1) is 0 Å². The molecule has 0 unspecified atom stereocenters. The summed E-state index contributed by atoms with van der Waals surface area (Å²) in [7, 11) is 4.47. The van der Waals surface area contributed by atoms with Gasteiger partial charge < -0.3 is 9.47 Å². The number of methoxy groups -OCH3 is 2.